The van der Waals surface area contributed by atoms with Gasteiger partial charge in [-0.15, -0.1) is 0 Å². The molecule has 2 saturated carbocycles. The van der Waals surface area contributed by atoms with E-state index in [1.165, 1.54) is 44.9 Å². The number of hydrogen-bond donors (Lipinski definition) is 0. The molecule has 0 bridgehead atoms. The zero-order valence-electron chi connectivity index (χ0n) is 20.4. The molecular formula is C26H45FeOP2+. The average molecular weight is 491 g/mol. The van der Waals surface area contributed by atoms with Gasteiger partial charge >= 0.3 is 7.80 Å². The van der Waals surface area contributed by atoms with Gasteiger partial charge in [0.25, 0.3) is 0 Å². The molecule has 1 aromatic carbocycles. The Bertz CT molecular complexity index is 607. The molecular weight excluding hydrogens is 446 g/mol. The monoisotopic (exact) mass is 491 g/mol. The van der Waals surface area contributed by atoms with Gasteiger partial charge in [0, 0.05) is 23.0 Å². The van der Waals surface area contributed by atoms with Gasteiger partial charge in [-0.25, -0.2) is 0 Å². The molecule has 0 heterocycles. The topological polar surface area (TPSA) is 17.1 Å². The van der Waals surface area contributed by atoms with Crippen molar-refractivity contribution in [3.05, 3.63) is 30.3 Å². The number of rotatable bonds is 4. The maximum absolute atomic E-state index is 13.2. The second-order valence-corrected chi connectivity index (χ2v) is 17.1. The van der Waals surface area contributed by atoms with E-state index in [0.717, 1.165) is 11.7 Å². The van der Waals surface area contributed by atoms with Crippen LogP contribution in [0.2, 0.25) is 0 Å². The van der Waals surface area contributed by atoms with Gasteiger partial charge in [0.15, 0.2) is 11.0 Å². The van der Waals surface area contributed by atoms with E-state index in [1.807, 2.05) is 18.2 Å². The third-order valence-corrected chi connectivity index (χ3v) is 12.7. The molecule has 30 heavy (non-hydrogen) atoms. The van der Waals surface area contributed by atoms with Crippen molar-refractivity contribution in [2.24, 2.45) is 5.92 Å². The Balaban J connectivity index is 0.000000655. The maximum Gasteiger partial charge on any atom is 0.380 e. The average Bonchev–Trinajstić information content (AvgIpc) is 3.33. The van der Waals surface area contributed by atoms with Crippen LogP contribution in [0.3, 0.4) is 0 Å². The van der Waals surface area contributed by atoms with Crippen molar-refractivity contribution in [2.45, 2.75) is 121 Å². The van der Waals surface area contributed by atoms with Gasteiger partial charge in [-0.05, 0) is 47.4 Å². The molecule has 0 aromatic heterocycles. The van der Waals surface area contributed by atoms with Gasteiger partial charge in [-0.3, -0.25) is 0 Å². The first-order valence-corrected chi connectivity index (χ1v) is 14.6. The molecule has 0 spiro atoms. The predicted octanol–water partition coefficient (Wildman–Crippen LogP) is 8.72. The summed E-state index contributed by atoms with van der Waals surface area (Å²) in [7, 11) is -1.45. The van der Waals surface area contributed by atoms with E-state index in [9.17, 15) is 4.57 Å². The molecule has 1 aromatic rings. The molecule has 0 radical (unpaired) electrons. The van der Waals surface area contributed by atoms with Crippen LogP contribution >= 0.6 is 15.7 Å². The van der Waals surface area contributed by atoms with E-state index in [-0.39, 0.29) is 25.0 Å². The van der Waals surface area contributed by atoms with Gasteiger partial charge in [-0.1, -0.05) is 111 Å². The molecule has 1 nitrogen and oxygen atoms in total. The van der Waals surface area contributed by atoms with Crippen LogP contribution in [-0.4, -0.2) is 21.6 Å². The molecule has 0 aliphatic heterocycles. The fourth-order valence-corrected chi connectivity index (χ4v) is 13.2. The molecule has 4 atom stereocenters. The zero-order valence-corrected chi connectivity index (χ0v) is 23.3. The summed E-state index contributed by atoms with van der Waals surface area (Å²) >= 11 is 0. The fraction of sp³-hybridized carbons (Fsp3) is 0.769. The largest absolute Gasteiger partial charge is 0.380 e. The normalized spacial score (nSPS) is 23.4. The van der Waals surface area contributed by atoms with E-state index < -0.39 is 7.80 Å². The van der Waals surface area contributed by atoms with Crippen LogP contribution in [0.15, 0.2) is 30.3 Å². The molecule has 2 fully saturated rings. The van der Waals surface area contributed by atoms with Crippen LogP contribution in [0, 0.1) is 5.92 Å². The summed E-state index contributed by atoms with van der Waals surface area (Å²) < 4.78 is 13.2. The SMILES string of the molecule is C1CCCC1.CC(C1CCCC1[P+](=O)c1ccccc1)P(C(C)(C)C)C(C)(C)C.[Fe]. The van der Waals surface area contributed by atoms with Crippen LogP contribution in [0.4, 0.5) is 0 Å². The van der Waals surface area contributed by atoms with Gasteiger partial charge < -0.3 is 0 Å². The number of hydrogen-bond acceptors (Lipinski definition) is 1. The fourth-order valence-electron chi connectivity index (χ4n) is 5.89. The minimum Gasteiger partial charge on any atom is -0.0923 e. The van der Waals surface area contributed by atoms with Crippen molar-refractivity contribution >= 4 is 21.0 Å². The van der Waals surface area contributed by atoms with Crippen molar-refractivity contribution in [1.29, 1.82) is 0 Å². The third-order valence-electron chi connectivity index (χ3n) is 6.57. The summed E-state index contributed by atoms with van der Waals surface area (Å²) in [6, 6.07) is 10.2. The van der Waals surface area contributed by atoms with Crippen molar-refractivity contribution in [3.63, 3.8) is 0 Å². The minimum atomic E-state index is -1.28. The van der Waals surface area contributed by atoms with Gasteiger partial charge in [0.2, 0.25) is 0 Å². The Morgan fingerprint density at radius 2 is 1.30 bits per heavy atom. The van der Waals surface area contributed by atoms with Crippen molar-refractivity contribution in [2.75, 3.05) is 0 Å². The van der Waals surface area contributed by atoms with Crippen molar-refractivity contribution in [1.82, 2.24) is 0 Å². The van der Waals surface area contributed by atoms with Crippen molar-refractivity contribution < 1.29 is 21.6 Å². The van der Waals surface area contributed by atoms with Gasteiger partial charge in [0.05, 0.1) is 0 Å². The number of benzene rings is 1. The minimum absolute atomic E-state index is 0. The van der Waals surface area contributed by atoms with E-state index >= 15 is 0 Å². The summed E-state index contributed by atoms with van der Waals surface area (Å²) in [6.07, 6.45) is 11.1. The quantitative estimate of drug-likeness (QED) is 0.304. The molecule has 3 rings (SSSR count). The summed E-state index contributed by atoms with van der Waals surface area (Å²) in [5, 5.41) is 1.71. The molecule has 172 valence electrons. The van der Waals surface area contributed by atoms with E-state index in [1.54, 1.807) is 0 Å². The Morgan fingerprint density at radius 1 is 0.833 bits per heavy atom. The third kappa shape index (κ3) is 8.00. The van der Waals surface area contributed by atoms with Gasteiger partial charge in [0.1, 0.15) is 0 Å². The first kappa shape index (κ1) is 28.3. The first-order valence-electron chi connectivity index (χ1n) is 11.8. The molecule has 4 heteroatoms. The predicted molar refractivity (Wildman–Crippen MR) is 134 cm³/mol. The molecule has 4 unspecified atom stereocenters. The molecule has 0 amide bonds. The summed E-state index contributed by atoms with van der Waals surface area (Å²) in [5.74, 6) is 0.610. The molecule has 0 saturated heterocycles. The van der Waals surface area contributed by atoms with Gasteiger partial charge in [-0.2, -0.15) is 0 Å². The first-order chi connectivity index (χ1) is 13.5. The van der Waals surface area contributed by atoms with E-state index in [2.05, 4.69) is 60.6 Å². The Morgan fingerprint density at radius 3 is 1.73 bits per heavy atom. The van der Waals surface area contributed by atoms with Crippen molar-refractivity contribution in [3.8, 4) is 0 Å². The second kappa shape index (κ2) is 12.5. The smallest absolute Gasteiger partial charge is 0.0923 e. The molecule has 0 N–H and O–H groups in total. The standard InChI is InChI=1S/C21H35OP2.C5H10.Fe/c1-16(24(20(2,3)4)21(5,6)7)18-14-11-15-19(18)23(22)17-12-9-8-10-13-17;1-2-4-5-3-1;/h8-10,12-13,16,18-19H,11,14-15H2,1-7H3;1-5H2;/q+1;;. The molecule has 2 aliphatic rings. The van der Waals surface area contributed by atoms with E-state index in [4.69, 9.17) is 0 Å². The molecule has 2 aliphatic carbocycles. The van der Waals surface area contributed by atoms with E-state index in [0.29, 0.717) is 27.5 Å². The van der Waals surface area contributed by atoms with Crippen LogP contribution in [0.25, 0.3) is 0 Å². The van der Waals surface area contributed by atoms with Crippen LogP contribution in [0.5, 0.6) is 0 Å². The Kier molecular flexibility index (Phi) is 11.8. The second-order valence-electron chi connectivity index (χ2n) is 11.0. The Labute approximate surface area is 200 Å². The summed E-state index contributed by atoms with van der Waals surface area (Å²) in [5.41, 5.74) is 1.03. The van der Waals surface area contributed by atoms with Crippen LogP contribution in [0.1, 0.15) is 99.8 Å². The maximum atomic E-state index is 13.2. The summed E-state index contributed by atoms with van der Waals surface area (Å²) in [6.45, 7) is 16.9. The Hall–Kier alpha value is 0.269. The van der Waals surface area contributed by atoms with Crippen LogP contribution in [-0.2, 0) is 21.6 Å². The zero-order chi connectivity index (χ0) is 21.7. The summed E-state index contributed by atoms with van der Waals surface area (Å²) in [4.78, 5) is 0. The van der Waals surface area contributed by atoms with Crippen LogP contribution < -0.4 is 5.30 Å².